The first-order valence-corrected chi connectivity index (χ1v) is 12.9. The van der Waals surface area contributed by atoms with Crippen LogP contribution in [0.25, 0.3) is 11.3 Å². The molecule has 0 fully saturated rings. The molecule has 1 aliphatic carbocycles. The normalized spacial score (nSPS) is 13.7. The molecule has 0 spiro atoms. The first kappa shape index (κ1) is 25.0. The second-order valence-corrected chi connectivity index (χ2v) is 9.70. The number of nitrogens with one attached hydrogen (secondary N) is 1. The molecule has 1 aliphatic rings. The van der Waals surface area contributed by atoms with E-state index in [4.69, 9.17) is 19.3 Å². The highest BCUT2D eigenvalue weighted by Gasteiger charge is 2.37. The van der Waals surface area contributed by atoms with Crippen molar-refractivity contribution in [2.45, 2.75) is 25.9 Å². The second-order valence-electron chi connectivity index (χ2n) is 8.79. The van der Waals surface area contributed by atoms with Gasteiger partial charge in [-0.1, -0.05) is 59.3 Å². The number of benzene rings is 3. The summed E-state index contributed by atoms with van der Waals surface area (Å²) in [5.74, 6) is 1.72. The van der Waals surface area contributed by atoms with Crippen molar-refractivity contribution in [2.24, 2.45) is 0 Å². The molecule has 0 amide bonds. The second kappa shape index (κ2) is 10.8. The molecule has 7 nitrogen and oxygen atoms in total. The standard InChI is InChI=1S/C29H28BrN3O4/c1-4-21-22-14-24(35-2)25(36-3)15-23(22)28-27(21)29(31-20-12-8-11-19(30)13-20)33(32-28)26(34)17-37-16-18-9-6-5-7-10-18/h5-15,21,31H,4,16-17H2,1-3H3. The van der Waals surface area contributed by atoms with E-state index in [2.05, 4.69) is 28.2 Å². The number of aromatic nitrogens is 2. The van der Waals surface area contributed by atoms with Crippen LogP contribution in [0.4, 0.5) is 11.5 Å². The Morgan fingerprint density at radius 3 is 2.49 bits per heavy atom. The molecule has 1 atom stereocenters. The molecule has 1 N–H and O–H groups in total. The third-order valence-electron chi connectivity index (χ3n) is 6.53. The number of nitrogens with zero attached hydrogens (tertiary/aromatic N) is 2. The first-order valence-electron chi connectivity index (χ1n) is 12.1. The van der Waals surface area contributed by atoms with E-state index in [1.165, 1.54) is 4.68 Å². The summed E-state index contributed by atoms with van der Waals surface area (Å²) in [5, 5.41) is 8.29. The van der Waals surface area contributed by atoms with Crippen LogP contribution in [0.15, 0.2) is 71.2 Å². The van der Waals surface area contributed by atoms with Gasteiger partial charge in [0.15, 0.2) is 11.5 Å². The van der Waals surface area contributed by atoms with Gasteiger partial charge in [0.1, 0.15) is 12.4 Å². The number of rotatable bonds is 9. The zero-order chi connectivity index (χ0) is 25.9. The lowest BCUT2D eigenvalue weighted by Gasteiger charge is -2.17. The van der Waals surface area contributed by atoms with Crippen molar-refractivity contribution in [3.63, 3.8) is 0 Å². The summed E-state index contributed by atoms with van der Waals surface area (Å²) in [6.07, 6.45) is 0.826. The number of carbonyl (C=O) groups excluding carboxylic acids is 1. The van der Waals surface area contributed by atoms with E-state index < -0.39 is 0 Å². The van der Waals surface area contributed by atoms with Crippen molar-refractivity contribution < 1.29 is 19.0 Å². The summed E-state index contributed by atoms with van der Waals surface area (Å²) in [7, 11) is 3.25. The number of hydrogen-bond donors (Lipinski definition) is 1. The number of fused-ring (bicyclic) bond motifs is 3. The maximum atomic E-state index is 13.4. The summed E-state index contributed by atoms with van der Waals surface area (Å²) in [5.41, 5.74) is 5.63. The van der Waals surface area contributed by atoms with E-state index in [0.717, 1.165) is 44.5 Å². The molecule has 0 bridgehead atoms. The van der Waals surface area contributed by atoms with Gasteiger partial charge < -0.3 is 19.5 Å². The van der Waals surface area contributed by atoms with Crippen molar-refractivity contribution in [3.05, 3.63) is 87.9 Å². The SMILES string of the molecule is CCC1c2cc(OC)c(OC)cc2-c2nn(C(=O)COCc3ccccc3)c(Nc3cccc(Br)c3)c21. The van der Waals surface area contributed by atoms with E-state index in [0.29, 0.717) is 23.9 Å². The summed E-state index contributed by atoms with van der Waals surface area (Å²) in [6.45, 7) is 2.38. The summed E-state index contributed by atoms with van der Waals surface area (Å²) in [6, 6.07) is 21.6. The van der Waals surface area contributed by atoms with Crippen LogP contribution in [-0.4, -0.2) is 36.5 Å². The third-order valence-corrected chi connectivity index (χ3v) is 7.02. The van der Waals surface area contributed by atoms with Gasteiger partial charge in [0.25, 0.3) is 5.91 Å². The van der Waals surface area contributed by atoms with Gasteiger partial charge in [0.05, 0.1) is 26.5 Å². The van der Waals surface area contributed by atoms with E-state index in [-0.39, 0.29) is 18.4 Å². The number of hydrogen-bond acceptors (Lipinski definition) is 6. The quantitative estimate of drug-likeness (QED) is 0.242. The number of carbonyl (C=O) groups is 1. The molecule has 0 saturated heterocycles. The number of ether oxygens (including phenoxy) is 3. The number of anilines is 2. The Morgan fingerprint density at radius 1 is 1.03 bits per heavy atom. The van der Waals surface area contributed by atoms with Crippen LogP contribution in [0.1, 0.15) is 40.7 Å². The fourth-order valence-electron chi connectivity index (χ4n) is 4.82. The highest BCUT2D eigenvalue weighted by atomic mass is 79.9. The number of methoxy groups -OCH3 is 2. The van der Waals surface area contributed by atoms with Crippen LogP contribution in [0, 0.1) is 0 Å². The van der Waals surface area contributed by atoms with Crippen molar-refractivity contribution >= 4 is 33.3 Å². The minimum absolute atomic E-state index is 0.0336. The molecule has 8 heteroatoms. The van der Waals surface area contributed by atoms with Crippen molar-refractivity contribution in [2.75, 3.05) is 26.1 Å². The summed E-state index contributed by atoms with van der Waals surface area (Å²) >= 11 is 3.54. The smallest absolute Gasteiger partial charge is 0.274 e. The lowest BCUT2D eigenvalue weighted by Crippen LogP contribution is -2.21. The van der Waals surface area contributed by atoms with Crippen molar-refractivity contribution in [3.8, 4) is 22.8 Å². The summed E-state index contributed by atoms with van der Waals surface area (Å²) in [4.78, 5) is 13.4. The monoisotopic (exact) mass is 561 g/mol. The minimum Gasteiger partial charge on any atom is -0.493 e. The topological polar surface area (TPSA) is 74.6 Å². The fourth-order valence-corrected chi connectivity index (χ4v) is 5.22. The van der Waals surface area contributed by atoms with Crippen LogP contribution < -0.4 is 14.8 Å². The molecule has 3 aromatic carbocycles. The van der Waals surface area contributed by atoms with Crippen LogP contribution in [0.3, 0.4) is 0 Å². The highest BCUT2D eigenvalue weighted by molar-refractivity contribution is 9.10. The van der Waals surface area contributed by atoms with E-state index in [1.807, 2.05) is 66.7 Å². The van der Waals surface area contributed by atoms with Gasteiger partial charge >= 0.3 is 0 Å². The molecule has 1 aromatic heterocycles. The highest BCUT2D eigenvalue weighted by Crippen LogP contribution is 2.52. The predicted octanol–water partition coefficient (Wildman–Crippen LogP) is 6.79. The average Bonchev–Trinajstić information content (AvgIpc) is 3.42. The molecule has 0 saturated carbocycles. The molecule has 37 heavy (non-hydrogen) atoms. The lowest BCUT2D eigenvalue weighted by molar-refractivity contribution is 0.0631. The van der Waals surface area contributed by atoms with Crippen molar-refractivity contribution in [1.82, 2.24) is 9.78 Å². The third kappa shape index (κ3) is 4.86. The molecule has 190 valence electrons. The molecule has 1 unspecified atom stereocenters. The van der Waals surface area contributed by atoms with Crippen LogP contribution in [0.5, 0.6) is 11.5 Å². The Hall–Kier alpha value is -3.62. The van der Waals surface area contributed by atoms with Crippen LogP contribution >= 0.6 is 15.9 Å². The lowest BCUT2D eigenvalue weighted by atomic mass is 9.94. The molecular formula is C29H28BrN3O4. The number of halogens is 1. The predicted molar refractivity (Wildman–Crippen MR) is 147 cm³/mol. The molecule has 5 rings (SSSR count). The Bertz CT molecular complexity index is 1430. The van der Waals surface area contributed by atoms with Gasteiger partial charge in [-0.2, -0.15) is 9.78 Å². The van der Waals surface area contributed by atoms with E-state index >= 15 is 0 Å². The molecule has 1 heterocycles. The summed E-state index contributed by atoms with van der Waals surface area (Å²) < 4.78 is 19.3. The largest absolute Gasteiger partial charge is 0.493 e. The van der Waals surface area contributed by atoms with Crippen molar-refractivity contribution in [1.29, 1.82) is 0 Å². The zero-order valence-electron chi connectivity index (χ0n) is 21.0. The Kier molecular flexibility index (Phi) is 7.30. The van der Waals surface area contributed by atoms with E-state index in [1.54, 1.807) is 14.2 Å². The molecule has 0 aliphatic heterocycles. The van der Waals surface area contributed by atoms with Gasteiger partial charge in [-0.15, -0.1) is 0 Å². The Balaban J connectivity index is 1.55. The van der Waals surface area contributed by atoms with Gasteiger partial charge in [-0.05, 0) is 47.9 Å². The van der Waals surface area contributed by atoms with Gasteiger partial charge in [0, 0.05) is 27.2 Å². The maximum Gasteiger partial charge on any atom is 0.274 e. The van der Waals surface area contributed by atoms with Crippen LogP contribution in [-0.2, 0) is 11.3 Å². The maximum absolute atomic E-state index is 13.4. The minimum atomic E-state index is -0.250. The average molecular weight is 562 g/mol. The van der Waals surface area contributed by atoms with Crippen LogP contribution in [0.2, 0.25) is 0 Å². The molecule has 4 aromatic rings. The van der Waals surface area contributed by atoms with Gasteiger partial charge in [-0.25, -0.2) is 0 Å². The van der Waals surface area contributed by atoms with Gasteiger partial charge in [0.2, 0.25) is 0 Å². The molecule has 0 radical (unpaired) electrons. The zero-order valence-corrected chi connectivity index (χ0v) is 22.5. The first-order chi connectivity index (χ1) is 18.0. The van der Waals surface area contributed by atoms with E-state index in [9.17, 15) is 4.79 Å². The molecular weight excluding hydrogens is 534 g/mol. The van der Waals surface area contributed by atoms with Gasteiger partial charge in [-0.3, -0.25) is 4.79 Å². The Morgan fingerprint density at radius 2 is 1.78 bits per heavy atom. The fraction of sp³-hybridized carbons (Fsp3) is 0.241. The Labute approximate surface area is 224 Å².